The summed E-state index contributed by atoms with van der Waals surface area (Å²) in [7, 11) is 0. The van der Waals surface area contributed by atoms with Gasteiger partial charge < -0.3 is 15.5 Å². The molecule has 0 radical (unpaired) electrons. The van der Waals surface area contributed by atoms with E-state index in [1.54, 1.807) is 6.08 Å². The summed E-state index contributed by atoms with van der Waals surface area (Å²) in [6.45, 7) is 8.03. The van der Waals surface area contributed by atoms with Crippen LogP contribution in [0.4, 0.5) is 0 Å². The lowest BCUT2D eigenvalue weighted by molar-refractivity contribution is -0.119. The van der Waals surface area contributed by atoms with Crippen molar-refractivity contribution in [3.8, 4) is 0 Å². The summed E-state index contributed by atoms with van der Waals surface area (Å²) >= 11 is 0. The maximum Gasteiger partial charge on any atom is 0.216 e. The molecule has 3 N–H and O–H groups in total. The molecule has 148 valence electrons. The highest BCUT2D eigenvalue weighted by atomic mass is 16.3. The average molecular weight is 372 g/mol. The van der Waals surface area contributed by atoms with Crippen LogP contribution in [0.5, 0.6) is 0 Å². The van der Waals surface area contributed by atoms with Gasteiger partial charge in [0.15, 0.2) is 0 Å². The summed E-state index contributed by atoms with van der Waals surface area (Å²) in [4.78, 5) is 10.8. The SMILES string of the molecule is CC(=O)NCC(O)CCCC=C(C)C=C(C)c1ccc(C)cc1C=CCO. The molecule has 0 aliphatic carbocycles. The van der Waals surface area contributed by atoms with Gasteiger partial charge >= 0.3 is 0 Å². The zero-order chi connectivity index (χ0) is 20.2. The van der Waals surface area contributed by atoms with Gasteiger partial charge in [0.05, 0.1) is 12.7 Å². The quantitative estimate of drug-likeness (QED) is 0.430. The Morgan fingerprint density at radius 1 is 1.26 bits per heavy atom. The molecule has 0 heterocycles. The molecule has 1 rings (SSSR count). The predicted octanol–water partition coefficient (Wildman–Crippen LogP) is 4.02. The number of aliphatic hydroxyl groups excluding tert-OH is 2. The van der Waals surface area contributed by atoms with E-state index in [2.05, 4.69) is 56.4 Å². The predicted molar refractivity (Wildman–Crippen MR) is 113 cm³/mol. The number of unbranched alkanes of at least 4 members (excludes halogenated alkanes) is 1. The van der Waals surface area contributed by atoms with E-state index in [4.69, 9.17) is 5.11 Å². The first-order valence-corrected chi connectivity index (χ1v) is 9.49. The molecule has 1 aromatic carbocycles. The van der Waals surface area contributed by atoms with Gasteiger partial charge in [-0.2, -0.15) is 0 Å². The van der Waals surface area contributed by atoms with Gasteiger partial charge in [-0.25, -0.2) is 0 Å². The molecular formula is C23H33NO3. The first-order valence-electron chi connectivity index (χ1n) is 9.49. The lowest BCUT2D eigenvalue weighted by atomic mass is 9.96. The van der Waals surface area contributed by atoms with Crippen LogP contribution in [0, 0.1) is 6.92 Å². The Morgan fingerprint density at radius 3 is 2.67 bits per heavy atom. The third-order valence-corrected chi connectivity index (χ3v) is 4.27. The van der Waals surface area contributed by atoms with Crippen LogP contribution in [-0.2, 0) is 4.79 Å². The third kappa shape index (κ3) is 9.36. The molecule has 0 spiro atoms. The largest absolute Gasteiger partial charge is 0.392 e. The van der Waals surface area contributed by atoms with Gasteiger partial charge in [-0.3, -0.25) is 4.79 Å². The minimum absolute atomic E-state index is 0.0306. The Kier molecular flexibility index (Phi) is 10.4. The normalized spacial score (nSPS) is 13.9. The van der Waals surface area contributed by atoms with Crippen molar-refractivity contribution in [3.05, 3.63) is 58.7 Å². The first-order chi connectivity index (χ1) is 12.8. The molecule has 27 heavy (non-hydrogen) atoms. The van der Waals surface area contributed by atoms with Crippen LogP contribution >= 0.6 is 0 Å². The number of nitrogens with one attached hydrogen (secondary N) is 1. The molecule has 0 bridgehead atoms. The van der Waals surface area contributed by atoms with E-state index in [0.29, 0.717) is 13.0 Å². The van der Waals surface area contributed by atoms with Crippen molar-refractivity contribution >= 4 is 17.6 Å². The van der Waals surface area contributed by atoms with Crippen LogP contribution < -0.4 is 5.32 Å². The molecule has 0 aliphatic rings. The van der Waals surface area contributed by atoms with Crippen LogP contribution in [0.2, 0.25) is 0 Å². The summed E-state index contributed by atoms with van der Waals surface area (Å²) in [6, 6.07) is 6.33. The number of hydrogen-bond donors (Lipinski definition) is 3. The highest BCUT2D eigenvalue weighted by Gasteiger charge is 2.04. The minimum Gasteiger partial charge on any atom is -0.392 e. The smallest absolute Gasteiger partial charge is 0.216 e. The molecule has 4 nitrogen and oxygen atoms in total. The van der Waals surface area contributed by atoms with Crippen molar-refractivity contribution in [2.75, 3.05) is 13.2 Å². The van der Waals surface area contributed by atoms with Gasteiger partial charge in [0, 0.05) is 13.5 Å². The fraction of sp³-hybridized carbons (Fsp3) is 0.435. The molecule has 1 unspecified atom stereocenters. The highest BCUT2D eigenvalue weighted by molar-refractivity contribution is 5.75. The van der Waals surface area contributed by atoms with Gasteiger partial charge in [0.2, 0.25) is 5.91 Å². The number of rotatable bonds is 10. The monoisotopic (exact) mass is 371 g/mol. The Morgan fingerprint density at radius 2 is 2.00 bits per heavy atom. The van der Waals surface area contributed by atoms with Crippen LogP contribution in [0.15, 0.2) is 42.0 Å². The average Bonchev–Trinajstić information content (AvgIpc) is 2.61. The van der Waals surface area contributed by atoms with E-state index < -0.39 is 6.10 Å². The van der Waals surface area contributed by atoms with Crippen LogP contribution in [-0.4, -0.2) is 35.4 Å². The van der Waals surface area contributed by atoms with E-state index in [0.717, 1.165) is 24.0 Å². The molecule has 0 fully saturated rings. The molecular weight excluding hydrogens is 338 g/mol. The van der Waals surface area contributed by atoms with Gasteiger partial charge in [0.1, 0.15) is 0 Å². The molecule has 1 atom stereocenters. The third-order valence-electron chi connectivity index (χ3n) is 4.27. The van der Waals surface area contributed by atoms with E-state index in [9.17, 15) is 9.90 Å². The van der Waals surface area contributed by atoms with Gasteiger partial charge in [0.25, 0.3) is 0 Å². The fourth-order valence-electron chi connectivity index (χ4n) is 2.88. The lowest BCUT2D eigenvalue weighted by Gasteiger charge is -2.10. The lowest BCUT2D eigenvalue weighted by Crippen LogP contribution is -2.30. The van der Waals surface area contributed by atoms with Gasteiger partial charge in [-0.15, -0.1) is 0 Å². The van der Waals surface area contributed by atoms with Crippen molar-refractivity contribution < 1.29 is 15.0 Å². The summed E-state index contributed by atoms with van der Waals surface area (Å²) in [5.41, 5.74) is 5.80. The Balaban J connectivity index is 2.67. The molecule has 4 heteroatoms. The second-order valence-corrected chi connectivity index (χ2v) is 6.97. The second kappa shape index (κ2) is 12.3. The van der Waals surface area contributed by atoms with Gasteiger partial charge in [-0.05, 0) is 56.7 Å². The second-order valence-electron chi connectivity index (χ2n) is 6.97. The number of carbonyl (C=O) groups excluding carboxylic acids is 1. The van der Waals surface area contributed by atoms with Crippen LogP contribution in [0.25, 0.3) is 11.6 Å². The van der Waals surface area contributed by atoms with Crippen LogP contribution in [0.1, 0.15) is 56.7 Å². The standard InChI is InChI=1S/C23H33NO3/c1-17(8-5-6-10-22(27)16-24-20(4)26)14-19(3)23-12-11-18(2)15-21(23)9-7-13-25/h7-9,11-12,14-15,22,25,27H,5-6,10,13,16H2,1-4H3,(H,24,26). The van der Waals surface area contributed by atoms with Crippen molar-refractivity contribution in [1.82, 2.24) is 5.32 Å². The number of aryl methyl sites for hydroxylation is 1. The molecule has 1 amide bonds. The molecule has 0 saturated carbocycles. The Labute approximate surface area is 163 Å². The van der Waals surface area contributed by atoms with E-state index in [1.165, 1.54) is 23.6 Å². The van der Waals surface area contributed by atoms with E-state index in [1.807, 2.05) is 6.08 Å². The zero-order valence-corrected chi connectivity index (χ0v) is 17.0. The zero-order valence-electron chi connectivity index (χ0n) is 17.0. The topological polar surface area (TPSA) is 69.6 Å². The number of aliphatic hydroxyl groups is 2. The van der Waals surface area contributed by atoms with Crippen molar-refractivity contribution in [2.24, 2.45) is 0 Å². The number of amides is 1. The van der Waals surface area contributed by atoms with Crippen molar-refractivity contribution in [3.63, 3.8) is 0 Å². The number of benzene rings is 1. The molecule has 0 aliphatic heterocycles. The summed E-state index contributed by atoms with van der Waals surface area (Å²) in [5, 5.41) is 21.5. The summed E-state index contributed by atoms with van der Waals surface area (Å²) in [5.74, 6) is -0.116. The molecule has 1 aromatic rings. The maximum absolute atomic E-state index is 10.8. The summed E-state index contributed by atoms with van der Waals surface area (Å²) < 4.78 is 0. The Bertz CT molecular complexity index is 702. The van der Waals surface area contributed by atoms with Crippen LogP contribution in [0.3, 0.4) is 0 Å². The number of carbonyl (C=O) groups is 1. The highest BCUT2D eigenvalue weighted by Crippen LogP contribution is 2.23. The Hall–Kier alpha value is -2.17. The number of allylic oxidation sites excluding steroid dienone is 4. The van der Waals surface area contributed by atoms with E-state index >= 15 is 0 Å². The fourth-order valence-corrected chi connectivity index (χ4v) is 2.88. The van der Waals surface area contributed by atoms with Crippen molar-refractivity contribution in [2.45, 2.75) is 53.1 Å². The summed E-state index contributed by atoms with van der Waals surface area (Å²) in [6.07, 6.45) is 9.98. The maximum atomic E-state index is 10.8. The first kappa shape index (κ1) is 22.9. The number of hydrogen-bond acceptors (Lipinski definition) is 3. The van der Waals surface area contributed by atoms with Gasteiger partial charge in [-0.1, -0.05) is 53.6 Å². The minimum atomic E-state index is -0.492. The van der Waals surface area contributed by atoms with Crippen molar-refractivity contribution in [1.29, 1.82) is 0 Å². The molecule has 0 saturated heterocycles. The molecule has 0 aromatic heterocycles. The van der Waals surface area contributed by atoms with E-state index in [-0.39, 0.29) is 12.5 Å².